The van der Waals surface area contributed by atoms with Crippen molar-refractivity contribution in [2.75, 3.05) is 6.61 Å². The number of carbonyl (C=O) groups is 1. The maximum atomic E-state index is 12.4. The highest BCUT2D eigenvalue weighted by Crippen LogP contribution is 2.18. The summed E-state index contributed by atoms with van der Waals surface area (Å²) >= 11 is 0. The van der Waals surface area contributed by atoms with Crippen molar-refractivity contribution in [2.45, 2.75) is 309 Å². The summed E-state index contributed by atoms with van der Waals surface area (Å²) in [5.41, 5.74) is 0. The van der Waals surface area contributed by atoms with Gasteiger partial charge in [-0.1, -0.05) is 277 Å². The summed E-state index contributed by atoms with van der Waals surface area (Å²) in [5.74, 6) is -0.0250. The molecule has 0 rings (SSSR count). The highest BCUT2D eigenvalue weighted by atomic mass is 16.3. The molecule has 4 heteroatoms. The van der Waals surface area contributed by atoms with Crippen molar-refractivity contribution in [3.63, 3.8) is 0 Å². The van der Waals surface area contributed by atoms with Crippen molar-refractivity contribution < 1.29 is 15.0 Å². The van der Waals surface area contributed by atoms with Gasteiger partial charge in [0.05, 0.1) is 18.8 Å². The first-order valence-electron chi connectivity index (χ1n) is 25.2. The number of rotatable bonds is 47. The van der Waals surface area contributed by atoms with Gasteiger partial charge in [0.2, 0.25) is 5.91 Å². The van der Waals surface area contributed by atoms with Crippen LogP contribution in [0, 0.1) is 0 Å². The molecule has 0 saturated heterocycles. The Balaban J connectivity index is 3.36. The van der Waals surface area contributed by atoms with Gasteiger partial charge in [0.15, 0.2) is 0 Å². The van der Waals surface area contributed by atoms with Crippen molar-refractivity contribution in [3.05, 3.63) is 0 Å². The predicted octanol–water partition coefficient (Wildman–Crippen LogP) is 16.0. The first kappa shape index (κ1) is 53.4. The summed E-state index contributed by atoms with van der Waals surface area (Å²) in [6.45, 7) is 4.38. The topological polar surface area (TPSA) is 69.6 Å². The molecule has 0 saturated carbocycles. The quantitative estimate of drug-likeness (QED) is 0.0541. The molecule has 0 aromatic heterocycles. The molecular weight excluding hydrogens is 663 g/mol. The summed E-state index contributed by atoms with van der Waals surface area (Å²) in [5, 5.41) is 23.2. The van der Waals surface area contributed by atoms with E-state index in [1.807, 2.05) is 0 Å². The normalized spacial score (nSPS) is 12.7. The molecule has 0 aliphatic heterocycles. The van der Waals surface area contributed by atoms with Crippen LogP contribution < -0.4 is 5.32 Å². The monoisotopic (exact) mass is 764 g/mol. The van der Waals surface area contributed by atoms with Gasteiger partial charge in [-0.15, -0.1) is 0 Å². The first-order valence-corrected chi connectivity index (χ1v) is 25.2. The lowest BCUT2D eigenvalue weighted by atomic mass is 10.0. The number of aliphatic hydroxyl groups is 2. The fourth-order valence-electron chi connectivity index (χ4n) is 8.25. The number of hydrogen-bond donors (Lipinski definition) is 3. The van der Waals surface area contributed by atoms with Gasteiger partial charge < -0.3 is 15.5 Å². The van der Waals surface area contributed by atoms with Gasteiger partial charge in [-0.2, -0.15) is 0 Å². The number of hydrogen-bond acceptors (Lipinski definition) is 3. The Kier molecular flexibility index (Phi) is 46.2. The smallest absolute Gasteiger partial charge is 0.220 e. The average Bonchev–Trinajstić information content (AvgIpc) is 3.18. The molecule has 4 nitrogen and oxygen atoms in total. The van der Waals surface area contributed by atoms with Gasteiger partial charge >= 0.3 is 0 Å². The number of nitrogens with one attached hydrogen (secondary N) is 1. The maximum absolute atomic E-state index is 12.4. The molecule has 0 fully saturated rings. The van der Waals surface area contributed by atoms with Crippen molar-refractivity contribution in [1.82, 2.24) is 5.32 Å². The highest BCUT2D eigenvalue weighted by molar-refractivity contribution is 5.76. The lowest BCUT2D eigenvalue weighted by Crippen LogP contribution is -2.45. The molecule has 1 amide bonds. The Morgan fingerprint density at radius 2 is 0.593 bits per heavy atom. The molecule has 0 bridgehead atoms. The molecule has 0 unspecified atom stereocenters. The fraction of sp³-hybridized carbons (Fsp3) is 0.980. The zero-order valence-corrected chi connectivity index (χ0v) is 37.3. The summed E-state index contributed by atoms with van der Waals surface area (Å²) in [4.78, 5) is 12.4. The van der Waals surface area contributed by atoms with Gasteiger partial charge in [-0.25, -0.2) is 0 Å². The Morgan fingerprint density at radius 3 is 0.833 bits per heavy atom. The highest BCUT2D eigenvalue weighted by Gasteiger charge is 2.20. The number of amides is 1. The first-order chi connectivity index (χ1) is 26.7. The molecule has 324 valence electrons. The van der Waals surface area contributed by atoms with Gasteiger partial charge in [-0.3, -0.25) is 4.79 Å². The SMILES string of the molecule is CCCCCCCCCCCCCCCCCCCCCCCCCCCCCCCCC(=O)N[C@@H](CO)[C@H](O)CCCCCCCCCCCCCC. The zero-order chi connectivity index (χ0) is 39.3. The van der Waals surface area contributed by atoms with E-state index in [1.165, 1.54) is 244 Å². The van der Waals surface area contributed by atoms with Crippen molar-refractivity contribution in [1.29, 1.82) is 0 Å². The average molecular weight is 764 g/mol. The lowest BCUT2D eigenvalue weighted by Gasteiger charge is -2.22. The second kappa shape index (κ2) is 46.8. The number of carbonyl (C=O) groups excluding carboxylic acids is 1. The van der Waals surface area contributed by atoms with E-state index in [1.54, 1.807) is 0 Å². The van der Waals surface area contributed by atoms with Crippen molar-refractivity contribution >= 4 is 5.91 Å². The van der Waals surface area contributed by atoms with Crippen molar-refractivity contribution in [2.24, 2.45) is 0 Å². The summed E-state index contributed by atoms with van der Waals surface area (Å²) in [7, 11) is 0. The molecule has 0 heterocycles. The maximum Gasteiger partial charge on any atom is 0.220 e. The van der Waals surface area contributed by atoms with E-state index in [4.69, 9.17) is 0 Å². The summed E-state index contributed by atoms with van der Waals surface area (Å²) in [6, 6.07) is -0.529. The van der Waals surface area contributed by atoms with Crippen LogP contribution in [0.1, 0.15) is 296 Å². The molecule has 0 aliphatic carbocycles. The molecular formula is C50H101NO3. The third kappa shape index (κ3) is 42.5. The Bertz CT molecular complexity index is 699. The standard InChI is InChI=1S/C50H101NO3/c1-3-5-7-9-11-13-15-17-18-19-20-21-22-23-24-25-26-27-28-29-30-31-32-33-34-36-38-40-42-44-46-50(54)51-48(47-52)49(53)45-43-41-39-37-35-16-14-12-10-8-6-4-2/h48-49,52-53H,3-47H2,1-2H3,(H,51,54)/t48-,49+/m0/s1. The van der Waals surface area contributed by atoms with E-state index in [2.05, 4.69) is 19.2 Å². The van der Waals surface area contributed by atoms with Crippen LogP contribution >= 0.6 is 0 Å². The molecule has 3 N–H and O–H groups in total. The van der Waals surface area contributed by atoms with Crippen LogP contribution in [0.15, 0.2) is 0 Å². The molecule has 0 aromatic carbocycles. The minimum atomic E-state index is -0.652. The minimum absolute atomic E-state index is 0.0250. The Labute approximate surface area is 340 Å². The molecule has 0 aliphatic rings. The van der Waals surface area contributed by atoms with Crippen LogP contribution in [0.2, 0.25) is 0 Å². The molecule has 54 heavy (non-hydrogen) atoms. The second-order valence-corrected chi connectivity index (χ2v) is 17.6. The third-order valence-electron chi connectivity index (χ3n) is 12.1. The van der Waals surface area contributed by atoms with E-state index in [-0.39, 0.29) is 12.5 Å². The van der Waals surface area contributed by atoms with Crippen LogP contribution in [-0.4, -0.2) is 34.9 Å². The molecule has 0 aromatic rings. The van der Waals surface area contributed by atoms with E-state index < -0.39 is 12.1 Å². The number of unbranched alkanes of at least 4 members (excludes halogenated alkanes) is 40. The lowest BCUT2D eigenvalue weighted by molar-refractivity contribution is -0.123. The van der Waals surface area contributed by atoms with Crippen molar-refractivity contribution in [3.8, 4) is 0 Å². The van der Waals surface area contributed by atoms with Crippen LogP contribution in [0.5, 0.6) is 0 Å². The van der Waals surface area contributed by atoms with E-state index >= 15 is 0 Å². The van der Waals surface area contributed by atoms with Crippen LogP contribution in [0.3, 0.4) is 0 Å². The Hall–Kier alpha value is -0.610. The summed E-state index contributed by atoms with van der Waals surface area (Å²) < 4.78 is 0. The van der Waals surface area contributed by atoms with Gasteiger partial charge in [0.25, 0.3) is 0 Å². The Morgan fingerprint density at radius 1 is 0.370 bits per heavy atom. The van der Waals surface area contributed by atoms with Gasteiger partial charge in [-0.05, 0) is 12.8 Å². The van der Waals surface area contributed by atoms with E-state index in [9.17, 15) is 15.0 Å². The minimum Gasteiger partial charge on any atom is -0.394 e. The zero-order valence-electron chi connectivity index (χ0n) is 37.3. The second-order valence-electron chi connectivity index (χ2n) is 17.6. The van der Waals surface area contributed by atoms with Crippen LogP contribution in [-0.2, 0) is 4.79 Å². The molecule has 0 radical (unpaired) electrons. The van der Waals surface area contributed by atoms with Gasteiger partial charge in [0, 0.05) is 6.42 Å². The van der Waals surface area contributed by atoms with E-state index in [0.717, 1.165) is 25.7 Å². The fourth-order valence-corrected chi connectivity index (χ4v) is 8.25. The van der Waals surface area contributed by atoms with Crippen LogP contribution in [0.4, 0.5) is 0 Å². The largest absolute Gasteiger partial charge is 0.394 e. The molecule has 2 atom stereocenters. The van der Waals surface area contributed by atoms with Gasteiger partial charge in [0.1, 0.15) is 0 Å². The predicted molar refractivity (Wildman–Crippen MR) is 240 cm³/mol. The van der Waals surface area contributed by atoms with E-state index in [0.29, 0.717) is 12.8 Å². The third-order valence-corrected chi connectivity index (χ3v) is 12.1. The summed E-state index contributed by atoms with van der Waals surface area (Å²) in [6.07, 6.45) is 57.9. The number of aliphatic hydroxyl groups excluding tert-OH is 2. The van der Waals surface area contributed by atoms with Crippen LogP contribution in [0.25, 0.3) is 0 Å². The molecule has 0 spiro atoms.